The highest BCUT2D eigenvalue weighted by atomic mass is 19.1. The first-order valence-electron chi connectivity index (χ1n) is 7.59. The van der Waals surface area contributed by atoms with E-state index in [1.807, 2.05) is 6.07 Å². The standard InChI is InChI=1S/C18H17FN2O2/c1-12(18(23)13-3-2-4-15(19)10-13)9-17(22)21-8-6-14-11-20-7-5-16(14)21/h2-5,7,10-12H,6,8-9H2,1H3/t12-/m0/s1. The molecule has 0 aliphatic carbocycles. The van der Waals surface area contributed by atoms with Gasteiger partial charge in [0.2, 0.25) is 5.91 Å². The summed E-state index contributed by atoms with van der Waals surface area (Å²) in [5.74, 6) is -1.25. The van der Waals surface area contributed by atoms with E-state index in [4.69, 9.17) is 0 Å². The van der Waals surface area contributed by atoms with Crippen LogP contribution in [0.3, 0.4) is 0 Å². The fourth-order valence-electron chi connectivity index (χ4n) is 2.88. The summed E-state index contributed by atoms with van der Waals surface area (Å²) < 4.78 is 13.2. The molecule has 0 bridgehead atoms. The monoisotopic (exact) mass is 312 g/mol. The van der Waals surface area contributed by atoms with E-state index in [0.29, 0.717) is 12.1 Å². The normalized spacial score (nSPS) is 14.4. The van der Waals surface area contributed by atoms with Crippen molar-refractivity contribution in [2.75, 3.05) is 11.4 Å². The summed E-state index contributed by atoms with van der Waals surface area (Å²) in [5, 5.41) is 0. The molecule has 1 amide bonds. The van der Waals surface area contributed by atoms with E-state index in [9.17, 15) is 14.0 Å². The van der Waals surface area contributed by atoms with E-state index < -0.39 is 11.7 Å². The zero-order valence-corrected chi connectivity index (χ0v) is 12.8. The largest absolute Gasteiger partial charge is 0.312 e. The first kappa shape index (κ1) is 15.3. The highest BCUT2D eigenvalue weighted by molar-refractivity contribution is 6.02. The van der Waals surface area contributed by atoms with Gasteiger partial charge >= 0.3 is 0 Å². The summed E-state index contributed by atoms with van der Waals surface area (Å²) in [6.07, 6.45) is 4.31. The second kappa shape index (κ2) is 6.28. The van der Waals surface area contributed by atoms with Gasteiger partial charge in [0.25, 0.3) is 0 Å². The Hall–Kier alpha value is -2.56. The molecule has 4 nitrogen and oxygen atoms in total. The summed E-state index contributed by atoms with van der Waals surface area (Å²) >= 11 is 0. The number of ketones is 1. The first-order chi connectivity index (χ1) is 11.1. The van der Waals surface area contributed by atoms with Crippen LogP contribution in [0.4, 0.5) is 10.1 Å². The number of rotatable bonds is 4. The van der Waals surface area contributed by atoms with Crippen LogP contribution >= 0.6 is 0 Å². The Bertz CT molecular complexity index is 760. The summed E-state index contributed by atoms with van der Waals surface area (Å²) in [7, 11) is 0. The van der Waals surface area contributed by atoms with Gasteiger partial charge in [-0.3, -0.25) is 14.6 Å². The average Bonchev–Trinajstić information content (AvgIpc) is 2.98. The third kappa shape index (κ3) is 3.13. The Morgan fingerprint density at radius 2 is 2.17 bits per heavy atom. The molecule has 5 heteroatoms. The quantitative estimate of drug-likeness (QED) is 0.815. The number of halogens is 1. The molecule has 2 heterocycles. The van der Waals surface area contributed by atoms with Crippen LogP contribution < -0.4 is 4.90 Å². The average molecular weight is 312 g/mol. The van der Waals surface area contributed by atoms with Crippen molar-refractivity contribution in [1.29, 1.82) is 0 Å². The fourth-order valence-corrected chi connectivity index (χ4v) is 2.88. The van der Waals surface area contributed by atoms with Gasteiger partial charge < -0.3 is 4.90 Å². The maximum absolute atomic E-state index is 13.2. The summed E-state index contributed by atoms with van der Waals surface area (Å²) in [6, 6.07) is 7.39. The SMILES string of the molecule is C[C@@H](CC(=O)N1CCc2cnccc21)C(=O)c1cccc(F)c1. The molecule has 118 valence electrons. The van der Waals surface area contributed by atoms with Gasteiger partial charge in [-0.05, 0) is 30.2 Å². The number of hydrogen-bond acceptors (Lipinski definition) is 3. The molecule has 0 spiro atoms. The van der Waals surface area contributed by atoms with Crippen LogP contribution in [0.15, 0.2) is 42.7 Å². The zero-order valence-electron chi connectivity index (χ0n) is 12.8. The molecule has 0 fully saturated rings. The summed E-state index contributed by atoms with van der Waals surface area (Å²) in [5.41, 5.74) is 2.22. The third-order valence-corrected chi connectivity index (χ3v) is 4.11. The smallest absolute Gasteiger partial charge is 0.227 e. The van der Waals surface area contributed by atoms with Gasteiger partial charge in [-0.15, -0.1) is 0 Å². The van der Waals surface area contributed by atoms with Crippen molar-refractivity contribution in [3.8, 4) is 0 Å². The Kier molecular flexibility index (Phi) is 4.19. The van der Waals surface area contributed by atoms with Crippen LogP contribution in [0.1, 0.15) is 29.3 Å². The molecule has 2 aromatic rings. The van der Waals surface area contributed by atoms with Crippen molar-refractivity contribution in [2.24, 2.45) is 5.92 Å². The van der Waals surface area contributed by atoms with Crippen LogP contribution in [0, 0.1) is 11.7 Å². The van der Waals surface area contributed by atoms with Gasteiger partial charge in [0.05, 0.1) is 0 Å². The molecular formula is C18H17FN2O2. The molecule has 1 atom stereocenters. The molecule has 3 rings (SSSR count). The number of carbonyl (C=O) groups is 2. The maximum Gasteiger partial charge on any atom is 0.227 e. The van der Waals surface area contributed by atoms with E-state index in [2.05, 4.69) is 4.98 Å². The number of carbonyl (C=O) groups excluding carboxylic acids is 2. The van der Waals surface area contributed by atoms with Crippen LogP contribution in [-0.4, -0.2) is 23.2 Å². The minimum atomic E-state index is -0.491. The van der Waals surface area contributed by atoms with Crippen molar-refractivity contribution in [3.05, 3.63) is 59.7 Å². The Morgan fingerprint density at radius 3 is 2.96 bits per heavy atom. The highest BCUT2D eigenvalue weighted by Crippen LogP contribution is 2.28. The van der Waals surface area contributed by atoms with Crippen molar-refractivity contribution in [2.45, 2.75) is 19.8 Å². The van der Waals surface area contributed by atoms with E-state index in [1.165, 1.54) is 18.2 Å². The van der Waals surface area contributed by atoms with Gasteiger partial charge in [-0.1, -0.05) is 19.1 Å². The number of fused-ring (bicyclic) bond motifs is 1. The maximum atomic E-state index is 13.2. The number of Topliss-reactive ketones (excluding diaryl/α,β-unsaturated/α-hetero) is 1. The molecule has 1 aliphatic rings. The number of pyridine rings is 1. The molecular weight excluding hydrogens is 295 g/mol. The van der Waals surface area contributed by atoms with E-state index >= 15 is 0 Å². The molecule has 0 radical (unpaired) electrons. The molecule has 0 saturated carbocycles. The predicted octanol–water partition coefficient (Wildman–Crippen LogP) is 3.02. The Labute approximate surface area is 134 Å². The highest BCUT2D eigenvalue weighted by Gasteiger charge is 2.27. The van der Waals surface area contributed by atoms with Gasteiger partial charge in [0.1, 0.15) is 5.82 Å². The predicted molar refractivity (Wildman–Crippen MR) is 84.8 cm³/mol. The number of benzene rings is 1. The molecule has 1 aliphatic heterocycles. The number of amides is 1. The zero-order chi connectivity index (χ0) is 16.4. The van der Waals surface area contributed by atoms with E-state index in [1.54, 1.807) is 30.3 Å². The lowest BCUT2D eigenvalue weighted by Crippen LogP contribution is -2.31. The van der Waals surface area contributed by atoms with Crippen molar-refractivity contribution < 1.29 is 14.0 Å². The van der Waals surface area contributed by atoms with Gasteiger partial charge in [-0.25, -0.2) is 4.39 Å². The number of aromatic nitrogens is 1. The third-order valence-electron chi connectivity index (χ3n) is 4.11. The van der Waals surface area contributed by atoms with Crippen LogP contribution in [0.5, 0.6) is 0 Å². The first-order valence-corrected chi connectivity index (χ1v) is 7.59. The second-order valence-corrected chi connectivity index (χ2v) is 5.78. The molecule has 0 unspecified atom stereocenters. The van der Waals surface area contributed by atoms with Gasteiger partial charge in [0, 0.05) is 42.5 Å². The van der Waals surface area contributed by atoms with E-state index in [0.717, 1.165) is 17.7 Å². The van der Waals surface area contributed by atoms with Crippen molar-refractivity contribution in [1.82, 2.24) is 4.98 Å². The Morgan fingerprint density at radius 1 is 1.35 bits per heavy atom. The van der Waals surface area contributed by atoms with Crippen molar-refractivity contribution >= 4 is 17.4 Å². The number of nitrogens with zero attached hydrogens (tertiary/aromatic N) is 2. The van der Waals surface area contributed by atoms with Crippen molar-refractivity contribution in [3.63, 3.8) is 0 Å². The van der Waals surface area contributed by atoms with Crippen LogP contribution in [0.2, 0.25) is 0 Å². The fraction of sp³-hybridized carbons (Fsp3) is 0.278. The minimum absolute atomic E-state index is 0.0906. The topological polar surface area (TPSA) is 50.3 Å². The molecule has 23 heavy (non-hydrogen) atoms. The second-order valence-electron chi connectivity index (χ2n) is 5.78. The minimum Gasteiger partial charge on any atom is -0.312 e. The van der Waals surface area contributed by atoms with Crippen LogP contribution in [0.25, 0.3) is 0 Å². The lowest BCUT2D eigenvalue weighted by molar-refractivity contribution is -0.119. The Balaban J connectivity index is 1.70. The molecule has 0 N–H and O–H groups in total. The lowest BCUT2D eigenvalue weighted by Gasteiger charge is -2.19. The summed E-state index contributed by atoms with van der Waals surface area (Å²) in [6.45, 7) is 2.31. The molecule has 1 aromatic carbocycles. The number of hydrogen-bond donors (Lipinski definition) is 0. The summed E-state index contributed by atoms with van der Waals surface area (Å²) in [4.78, 5) is 30.6. The van der Waals surface area contributed by atoms with E-state index in [-0.39, 0.29) is 18.1 Å². The van der Waals surface area contributed by atoms with Gasteiger partial charge in [0.15, 0.2) is 5.78 Å². The molecule has 1 aromatic heterocycles. The number of anilines is 1. The lowest BCUT2D eigenvalue weighted by atomic mass is 9.96. The van der Waals surface area contributed by atoms with Gasteiger partial charge in [-0.2, -0.15) is 0 Å². The molecule has 0 saturated heterocycles. The van der Waals surface area contributed by atoms with Crippen LogP contribution in [-0.2, 0) is 11.2 Å².